The summed E-state index contributed by atoms with van der Waals surface area (Å²) in [5.74, 6) is 1.18. The van der Waals surface area contributed by atoms with Crippen LogP contribution in [0.2, 0.25) is 0 Å². The molecule has 0 bridgehead atoms. The average Bonchev–Trinajstić information content (AvgIpc) is 3.24. The van der Waals surface area contributed by atoms with E-state index in [9.17, 15) is 9.59 Å². The lowest BCUT2D eigenvalue weighted by Crippen LogP contribution is -2.27. The highest BCUT2D eigenvalue weighted by Gasteiger charge is 2.26. The van der Waals surface area contributed by atoms with Crippen molar-refractivity contribution in [3.63, 3.8) is 0 Å². The SMILES string of the molecule is CCCCC1CCC(C(=O)Nc2nnc(SCC(=O)NCCc3ccccc3)s2)CC1. The molecule has 1 saturated carbocycles. The van der Waals surface area contributed by atoms with E-state index in [1.807, 2.05) is 18.2 Å². The fourth-order valence-corrected chi connectivity index (χ4v) is 5.49. The maximum atomic E-state index is 12.6. The molecule has 2 amide bonds. The molecule has 1 aliphatic carbocycles. The number of nitrogens with one attached hydrogen (secondary N) is 2. The number of amides is 2. The van der Waals surface area contributed by atoms with Gasteiger partial charge in [-0.05, 0) is 43.6 Å². The van der Waals surface area contributed by atoms with Crippen LogP contribution in [0.1, 0.15) is 57.4 Å². The molecule has 0 radical (unpaired) electrons. The molecule has 1 heterocycles. The fourth-order valence-electron chi connectivity index (χ4n) is 3.90. The molecule has 0 atom stereocenters. The zero-order valence-corrected chi connectivity index (χ0v) is 19.8. The molecule has 3 rings (SSSR count). The lowest BCUT2D eigenvalue weighted by atomic mass is 9.79. The number of aromatic nitrogens is 2. The number of benzene rings is 1. The van der Waals surface area contributed by atoms with Gasteiger partial charge in [0.1, 0.15) is 0 Å². The zero-order valence-electron chi connectivity index (χ0n) is 18.1. The van der Waals surface area contributed by atoms with E-state index in [-0.39, 0.29) is 17.7 Å². The van der Waals surface area contributed by atoms with Crippen molar-refractivity contribution >= 4 is 40.0 Å². The van der Waals surface area contributed by atoms with E-state index >= 15 is 0 Å². The van der Waals surface area contributed by atoms with Gasteiger partial charge in [0.05, 0.1) is 5.75 Å². The summed E-state index contributed by atoms with van der Waals surface area (Å²) in [6.07, 6.45) is 8.86. The van der Waals surface area contributed by atoms with Crippen LogP contribution < -0.4 is 10.6 Å². The van der Waals surface area contributed by atoms with Crippen LogP contribution in [0.3, 0.4) is 0 Å². The zero-order chi connectivity index (χ0) is 21.9. The van der Waals surface area contributed by atoms with Crippen LogP contribution in [-0.2, 0) is 16.0 Å². The van der Waals surface area contributed by atoms with Gasteiger partial charge in [-0.25, -0.2) is 0 Å². The number of carbonyl (C=O) groups is 2. The summed E-state index contributed by atoms with van der Waals surface area (Å²) in [6, 6.07) is 10.1. The second-order valence-electron chi connectivity index (χ2n) is 8.10. The van der Waals surface area contributed by atoms with Gasteiger partial charge in [-0.3, -0.25) is 9.59 Å². The van der Waals surface area contributed by atoms with Gasteiger partial charge < -0.3 is 10.6 Å². The van der Waals surface area contributed by atoms with Crippen molar-refractivity contribution in [3.05, 3.63) is 35.9 Å². The minimum absolute atomic E-state index is 0.0263. The van der Waals surface area contributed by atoms with Gasteiger partial charge in [0, 0.05) is 12.5 Å². The van der Waals surface area contributed by atoms with E-state index in [1.165, 1.54) is 47.9 Å². The Kier molecular flexibility index (Phi) is 9.81. The summed E-state index contributed by atoms with van der Waals surface area (Å²) in [5, 5.41) is 14.5. The highest BCUT2D eigenvalue weighted by atomic mass is 32.2. The van der Waals surface area contributed by atoms with E-state index in [2.05, 4.69) is 39.9 Å². The molecule has 2 N–H and O–H groups in total. The molecule has 0 saturated heterocycles. The van der Waals surface area contributed by atoms with Crippen molar-refractivity contribution in [1.29, 1.82) is 0 Å². The summed E-state index contributed by atoms with van der Waals surface area (Å²) in [4.78, 5) is 24.6. The Hall–Kier alpha value is -1.93. The Balaban J connectivity index is 1.33. The molecule has 1 fully saturated rings. The predicted octanol–water partition coefficient (Wildman–Crippen LogP) is 4.92. The average molecular weight is 461 g/mol. The third kappa shape index (κ3) is 8.26. The van der Waals surface area contributed by atoms with Crippen molar-refractivity contribution in [2.24, 2.45) is 11.8 Å². The highest BCUT2D eigenvalue weighted by Crippen LogP contribution is 2.33. The Morgan fingerprint density at radius 1 is 1.13 bits per heavy atom. The standard InChI is InChI=1S/C23H32N4O2S2/c1-2-3-7-18-10-12-19(13-11-18)21(29)25-22-26-27-23(31-22)30-16-20(28)24-15-14-17-8-5-4-6-9-17/h4-6,8-9,18-19H,2-3,7,10-16H2,1H3,(H,24,28)(H,25,26,29). The van der Waals surface area contributed by atoms with E-state index in [4.69, 9.17) is 0 Å². The van der Waals surface area contributed by atoms with E-state index in [0.29, 0.717) is 21.8 Å². The molecular weight excluding hydrogens is 428 g/mol. The molecule has 0 aliphatic heterocycles. The van der Waals surface area contributed by atoms with Crippen LogP contribution in [0.25, 0.3) is 0 Å². The first-order valence-electron chi connectivity index (χ1n) is 11.2. The summed E-state index contributed by atoms with van der Waals surface area (Å²) >= 11 is 2.68. The van der Waals surface area contributed by atoms with Gasteiger partial charge >= 0.3 is 0 Å². The lowest BCUT2D eigenvalue weighted by molar-refractivity contribution is -0.121. The van der Waals surface area contributed by atoms with E-state index < -0.39 is 0 Å². The first-order chi connectivity index (χ1) is 15.1. The first-order valence-corrected chi connectivity index (χ1v) is 13.0. The molecule has 6 nitrogen and oxygen atoms in total. The minimum atomic E-state index is -0.0263. The lowest BCUT2D eigenvalue weighted by Gasteiger charge is -2.27. The molecule has 31 heavy (non-hydrogen) atoms. The van der Waals surface area contributed by atoms with Gasteiger partial charge in [0.25, 0.3) is 0 Å². The molecule has 0 unspecified atom stereocenters. The van der Waals surface area contributed by atoms with Crippen LogP contribution in [0.4, 0.5) is 5.13 Å². The van der Waals surface area contributed by atoms with Crippen LogP contribution in [-0.4, -0.2) is 34.3 Å². The smallest absolute Gasteiger partial charge is 0.230 e. The summed E-state index contributed by atoms with van der Waals surface area (Å²) in [5.41, 5.74) is 1.20. The monoisotopic (exact) mass is 460 g/mol. The second-order valence-corrected chi connectivity index (χ2v) is 10.3. The number of thioether (sulfide) groups is 1. The quantitative estimate of drug-likeness (QED) is 0.367. The third-order valence-electron chi connectivity index (χ3n) is 5.73. The predicted molar refractivity (Wildman–Crippen MR) is 127 cm³/mol. The van der Waals surface area contributed by atoms with Crippen molar-refractivity contribution in [1.82, 2.24) is 15.5 Å². The minimum Gasteiger partial charge on any atom is -0.355 e. The maximum Gasteiger partial charge on any atom is 0.230 e. The molecule has 168 valence electrons. The fraction of sp³-hybridized carbons (Fsp3) is 0.565. The second kappa shape index (κ2) is 12.8. The van der Waals surface area contributed by atoms with Crippen molar-refractivity contribution in [2.75, 3.05) is 17.6 Å². The van der Waals surface area contributed by atoms with Gasteiger partial charge in [0.2, 0.25) is 16.9 Å². The number of unbranched alkanes of at least 4 members (excludes halogenated alkanes) is 1. The van der Waals surface area contributed by atoms with Crippen LogP contribution >= 0.6 is 23.1 Å². The molecule has 2 aromatic rings. The molecule has 0 spiro atoms. The Bertz CT molecular complexity index is 820. The Morgan fingerprint density at radius 2 is 1.90 bits per heavy atom. The Labute approximate surface area is 193 Å². The topological polar surface area (TPSA) is 84.0 Å². The van der Waals surface area contributed by atoms with Crippen molar-refractivity contribution in [2.45, 2.75) is 62.6 Å². The number of rotatable bonds is 11. The molecule has 8 heteroatoms. The van der Waals surface area contributed by atoms with E-state index in [1.54, 1.807) is 0 Å². The molecule has 1 aromatic heterocycles. The highest BCUT2D eigenvalue weighted by molar-refractivity contribution is 8.01. The van der Waals surface area contributed by atoms with Crippen LogP contribution in [0, 0.1) is 11.8 Å². The summed E-state index contributed by atoms with van der Waals surface area (Å²) in [7, 11) is 0. The van der Waals surface area contributed by atoms with Gasteiger partial charge in [-0.2, -0.15) is 0 Å². The number of anilines is 1. The van der Waals surface area contributed by atoms with Gasteiger partial charge in [-0.1, -0.05) is 79.6 Å². The number of carbonyl (C=O) groups excluding carboxylic acids is 2. The maximum absolute atomic E-state index is 12.6. The summed E-state index contributed by atoms with van der Waals surface area (Å²) in [6.45, 7) is 2.84. The number of hydrogen-bond donors (Lipinski definition) is 2. The van der Waals surface area contributed by atoms with E-state index in [0.717, 1.165) is 38.0 Å². The molecular formula is C23H32N4O2S2. The van der Waals surface area contributed by atoms with Gasteiger partial charge in [-0.15, -0.1) is 10.2 Å². The Morgan fingerprint density at radius 3 is 2.65 bits per heavy atom. The third-order valence-corrected chi connectivity index (χ3v) is 7.70. The summed E-state index contributed by atoms with van der Waals surface area (Å²) < 4.78 is 0.691. The van der Waals surface area contributed by atoms with Crippen molar-refractivity contribution < 1.29 is 9.59 Å². The number of nitrogens with zero attached hydrogens (tertiary/aromatic N) is 2. The van der Waals surface area contributed by atoms with Gasteiger partial charge in [0.15, 0.2) is 4.34 Å². The van der Waals surface area contributed by atoms with Crippen molar-refractivity contribution in [3.8, 4) is 0 Å². The normalized spacial score (nSPS) is 18.5. The van der Waals surface area contributed by atoms with Crippen LogP contribution in [0.5, 0.6) is 0 Å². The largest absolute Gasteiger partial charge is 0.355 e. The molecule has 1 aliphatic rings. The molecule has 1 aromatic carbocycles. The van der Waals surface area contributed by atoms with Crippen LogP contribution in [0.15, 0.2) is 34.7 Å². The first kappa shape index (κ1) is 23.7. The number of hydrogen-bond acceptors (Lipinski definition) is 6.